The smallest absolute Gasteiger partial charge is 0.363 e. The van der Waals surface area contributed by atoms with Gasteiger partial charge in [-0.2, -0.15) is 18.3 Å². The van der Waals surface area contributed by atoms with Crippen molar-refractivity contribution in [2.45, 2.75) is 45.5 Å². The molecule has 0 bridgehead atoms. The summed E-state index contributed by atoms with van der Waals surface area (Å²) in [5, 5.41) is 7.07. The van der Waals surface area contributed by atoms with E-state index in [1.807, 2.05) is 20.8 Å². The predicted octanol–water partition coefficient (Wildman–Crippen LogP) is 3.87. The van der Waals surface area contributed by atoms with Crippen LogP contribution in [0.1, 0.15) is 55.2 Å². The first-order valence-corrected chi connectivity index (χ1v) is 11.0. The van der Waals surface area contributed by atoms with Crippen molar-refractivity contribution in [1.29, 1.82) is 0 Å². The van der Waals surface area contributed by atoms with Crippen LogP contribution in [0.2, 0.25) is 0 Å². The van der Waals surface area contributed by atoms with Crippen LogP contribution in [0.5, 0.6) is 0 Å². The van der Waals surface area contributed by atoms with E-state index >= 15 is 0 Å². The van der Waals surface area contributed by atoms with E-state index in [0.29, 0.717) is 31.7 Å². The molecule has 1 saturated heterocycles. The van der Waals surface area contributed by atoms with Gasteiger partial charge in [0.25, 0.3) is 5.91 Å². The summed E-state index contributed by atoms with van der Waals surface area (Å²) in [4.78, 5) is 29.1. The van der Waals surface area contributed by atoms with Gasteiger partial charge in [-0.05, 0) is 5.56 Å². The number of carbonyl (C=O) groups is 2. The van der Waals surface area contributed by atoms with E-state index in [1.165, 1.54) is 6.20 Å². The van der Waals surface area contributed by atoms with Crippen LogP contribution in [0.15, 0.2) is 36.5 Å². The Labute approximate surface area is 190 Å². The number of carbonyl (C=O) groups excluding carboxylic acids is 2. The molecule has 3 heterocycles. The molecule has 178 valence electrons. The Morgan fingerprint density at radius 2 is 1.61 bits per heavy atom. The first kappa shape index (κ1) is 23.1. The molecular weight excluding hydrogens is 435 g/mol. The Kier molecular flexibility index (Phi) is 5.88. The molecule has 33 heavy (non-hydrogen) atoms. The van der Waals surface area contributed by atoms with Gasteiger partial charge in [0.15, 0.2) is 6.04 Å². The minimum Gasteiger partial charge on any atom is -0.363 e. The lowest BCUT2D eigenvalue weighted by Gasteiger charge is -2.38. The van der Waals surface area contributed by atoms with E-state index in [9.17, 15) is 22.8 Å². The maximum Gasteiger partial charge on any atom is 0.410 e. The highest BCUT2D eigenvalue weighted by Crippen LogP contribution is 2.44. The molecule has 0 saturated carbocycles. The lowest BCUT2D eigenvalue weighted by Crippen LogP contribution is -2.53. The second-order valence-electron chi connectivity index (χ2n) is 9.59. The van der Waals surface area contributed by atoms with Gasteiger partial charge >= 0.3 is 6.18 Å². The first-order chi connectivity index (χ1) is 15.5. The van der Waals surface area contributed by atoms with Crippen molar-refractivity contribution in [2.75, 3.05) is 31.5 Å². The number of fused-ring (bicyclic) bond motifs is 1. The largest absolute Gasteiger partial charge is 0.410 e. The average Bonchev–Trinajstić information content (AvgIpc) is 3.20. The van der Waals surface area contributed by atoms with Crippen LogP contribution in [0.3, 0.4) is 0 Å². The molecule has 2 amide bonds. The van der Waals surface area contributed by atoms with Crippen molar-refractivity contribution in [2.24, 2.45) is 5.41 Å². The van der Waals surface area contributed by atoms with Gasteiger partial charge in [0.05, 0.1) is 12.2 Å². The van der Waals surface area contributed by atoms with Crippen LogP contribution in [-0.4, -0.2) is 63.7 Å². The normalized spacial score (nSPS) is 21.4. The van der Waals surface area contributed by atoms with Crippen molar-refractivity contribution in [3.63, 3.8) is 0 Å². The Morgan fingerprint density at radius 1 is 1.00 bits per heavy atom. The number of anilines is 1. The van der Waals surface area contributed by atoms with Gasteiger partial charge in [0, 0.05) is 38.0 Å². The standard InChI is InChI=1S/C23H28F3N5O2/c1-22(2,3)21(33)30-11-9-29(10-12-30)20(32)16-14-27-31-18(23(24,25)26)13-17(28-19(16)31)15-7-5-4-6-8-15/h4-8,14,17-18,28H,9-13H2,1-3H3/t17-,18-/m1/s1. The monoisotopic (exact) mass is 463 g/mol. The maximum absolute atomic E-state index is 13.9. The van der Waals surface area contributed by atoms with Crippen molar-refractivity contribution >= 4 is 17.6 Å². The SMILES string of the molecule is CC(C)(C)C(=O)N1CCN(C(=O)c2cnn3c2N[C@@H](c2ccccc2)C[C@@H]3C(F)(F)F)CC1. The number of hydrogen-bond donors (Lipinski definition) is 1. The molecular formula is C23H28F3N5O2. The number of benzene rings is 1. The molecule has 2 aromatic rings. The molecule has 0 radical (unpaired) electrons. The van der Waals surface area contributed by atoms with Crippen LogP contribution in [0.4, 0.5) is 19.0 Å². The molecule has 4 rings (SSSR count). The van der Waals surface area contributed by atoms with Crippen molar-refractivity contribution in [3.05, 3.63) is 47.7 Å². The van der Waals surface area contributed by atoms with Gasteiger partial charge in [0.1, 0.15) is 11.4 Å². The summed E-state index contributed by atoms with van der Waals surface area (Å²) in [6, 6.07) is 6.45. The molecule has 10 heteroatoms. The summed E-state index contributed by atoms with van der Waals surface area (Å²) in [7, 11) is 0. The molecule has 2 aliphatic rings. The minimum atomic E-state index is -4.50. The summed E-state index contributed by atoms with van der Waals surface area (Å²) >= 11 is 0. The fourth-order valence-electron chi connectivity index (χ4n) is 4.38. The number of amides is 2. The fraction of sp³-hybridized carbons (Fsp3) is 0.522. The molecule has 2 atom stereocenters. The zero-order chi connectivity index (χ0) is 24.0. The zero-order valence-corrected chi connectivity index (χ0v) is 18.9. The van der Waals surface area contributed by atoms with E-state index < -0.39 is 23.7 Å². The first-order valence-electron chi connectivity index (χ1n) is 11.0. The number of alkyl halides is 3. The van der Waals surface area contributed by atoms with Crippen LogP contribution >= 0.6 is 0 Å². The van der Waals surface area contributed by atoms with Gasteiger partial charge in [0.2, 0.25) is 5.91 Å². The lowest BCUT2D eigenvalue weighted by atomic mass is 9.94. The lowest BCUT2D eigenvalue weighted by molar-refractivity contribution is -0.173. The molecule has 1 aromatic heterocycles. The molecule has 0 spiro atoms. The Balaban J connectivity index is 1.57. The summed E-state index contributed by atoms with van der Waals surface area (Å²) in [6.07, 6.45) is -3.51. The Hall–Kier alpha value is -3.04. The molecule has 1 N–H and O–H groups in total. The minimum absolute atomic E-state index is 0.0119. The van der Waals surface area contributed by atoms with Crippen molar-refractivity contribution in [1.82, 2.24) is 19.6 Å². The van der Waals surface area contributed by atoms with E-state index in [1.54, 1.807) is 40.1 Å². The number of hydrogen-bond acceptors (Lipinski definition) is 4. The summed E-state index contributed by atoms with van der Waals surface area (Å²) in [5.41, 5.74) is 0.313. The third-order valence-corrected chi connectivity index (χ3v) is 6.17. The molecule has 2 aliphatic heterocycles. The molecule has 0 aliphatic carbocycles. The highest BCUT2D eigenvalue weighted by Gasteiger charge is 2.47. The molecule has 0 unspecified atom stereocenters. The number of nitrogens with zero attached hydrogens (tertiary/aromatic N) is 4. The van der Waals surface area contributed by atoms with Crippen LogP contribution < -0.4 is 5.32 Å². The number of nitrogens with one attached hydrogen (secondary N) is 1. The average molecular weight is 464 g/mol. The number of piperazine rings is 1. The van der Waals surface area contributed by atoms with E-state index in [-0.39, 0.29) is 29.6 Å². The summed E-state index contributed by atoms with van der Waals surface area (Å²) in [5.74, 6) is -0.297. The van der Waals surface area contributed by atoms with E-state index in [2.05, 4.69) is 10.4 Å². The third kappa shape index (κ3) is 4.56. The highest BCUT2D eigenvalue weighted by molar-refractivity contribution is 5.99. The highest BCUT2D eigenvalue weighted by atomic mass is 19.4. The van der Waals surface area contributed by atoms with Crippen molar-refractivity contribution in [3.8, 4) is 0 Å². The van der Waals surface area contributed by atoms with Crippen molar-refractivity contribution < 1.29 is 22.8 Å². The Morgan fingerprint density at radius 3 is 2.18 bits per heavy atom. The summed E-state index contributed by atoms with van der Waals surface area (Å²) < 4.78 is 42.5. The number of halogens is 3. The Bertz CT molecular complexity index is 1020. The summed E-state index contributed by atoms with van der Waals surface area (Å²) in [6.45, 7) is 6.94. The molecule has 1 aromatic carbocycles. The molecule has 7 nitrogen and oxygen atoms in total. The van der Waals surface area contributed by atoms with Gasteiger partial charge in [-0.3, -0.25) is 9.59 Å². The van der Waals surface area contributed by atoms with Gasteiger partial charge < -0.3 is 15.1 Å². The maximum atomic E-state index is 13.9. The molecule has 1 fully saturated rings. The second-order valence-corrected chi connectivity index (χ2v) is 9.59. The predicted molar refractivity (Wildman–Crippen MR) is 117 cm³/mol. The fourth-order valence-corrected chi connectivity index (χ4v) is 4.38. The number of aromatic nitrogens is 2. The quantitative estimate of drug-likeness (QED) is 0.734. The van der Waals surface area contributed by atoms with Gasteiger partial charge in [-0.15, -0.1) is 0 Å². The topological polar surface area (TPSA) is 70.5 Å². The second kappa shape index (κ2) is 8.39. The van der Waals surface area contributed by atoms with Gasteiger partial charge in [-0.25, -0.2) is 4.68 Å². The van der Waals surface area contributed by atoms with Crippen LogP contribution in [-0.2, 0) is 4.79 Å². The van der Waals surface area contributed by atoms with E-state index in [4.69, 9.17) is 0 Å². The van der Waals surface area contributed by atoms with Crippen LogP contribution in [0, 0.1) is 5.41 Å². The zero-order valence-electron chi connectivity index (χ0n) is 18.9. The van der Waals surface area contributed by atoms with E-state index in [0.717, 1.165) is 4.68 Å². The number of rotatable bonds is 2. The van der Waals surface area contributed by atoms with Gasteiger partial charge in [-0.1, -0.05) is 51.1 Å². The third-order valence-electron chi connectivity index (χ3n) is 6.17. The van der Waals surface area contributed by atoms with Crippen LogP contribution in [0.25, 0.3) is 0 Å².